The molecule has 1 atom stereocenters. The van der Waals surface area contributed by atoms with E-state index in [4.69, 9.17) is 14.5 Å². The summed E-state index contributed by atoms with van der Waals surface area (Å²) in [4.78, 5) is 9.42. The summed E-state index contributed by atoms with van der Waals surface area (Å²) in [5.74, 6) is 2.56. The quantitative estimate of drug-likeness (QED) is 0.431. The minimum atomic E-state index is -0.153. The van der Waals surface area contributed by atoms with E-state index in [1.54, 1.807) is 30.1 Å². The lowest BCUT2D eigenvalue weighted by molar-refractivity contribution is 0.414. The highest BCUT2D eigenvalue weighted by Crippen LogP contribution is 2.48. The molecule has 0 amide bonds. The summed E-state index contributed by atoms with van der Waals surface area (Å²) in [6.45, 7) is 0. The van der Waals surface area contributed by atoms with Crippen LogP contribution in [0.3, 0.4) is 0 Å². The molecule has 0 saturated heterocycles. The third-order valence-electron chi connectivity index (χ3n) is 5.89. The molecule has 1 N–H and O–H groups in total. The summed E-state index contributed by atoms with van der Waals surface area (Å²) < 4.78 is 13.1. The fourth-order valence-corrected chi connectivity index (χ4v) is 4.34. The van der Waals surface area contributed by atoms with Crippen molar-refractivity contribution in [1.82, 2.24) is 19.6 Å². The van der Waals surface area contributed by atoms with Gasteiger partial charge in [0.05, 0.1) is 12.7 Å². The molecule has 3 heterocycles. The van der Waals surface area contributed by atoms with Crippen LogP contribution in [0.2, 0.25) is 0 Å². The van der Waals surface area contributed by atoms with Crippen LogP contribution in [0.15, 0.2) is 79.1 Å². The Balaban J connectivity index is 1.49. The Morgan fingerprint density at radius 1 is 1.03 bits per heavy atom. The Bertz CT molecular complexity index is 1460. The van der Waals surface area contributed by atoms with Crippen molar-refractivity contribution in [3.63, 3.8) is 0 Å². The van der Waals surface area contributed by atoms with Gasteiger partial charge in [0.1, 0.15) is 23.6 Å². The predicted molar refractivity (Wildman–Crippen MR) is 122 cm³/mol. The minimum absolute atomic E-state index is 0.148. The number of benzene rings is 3. The fraction of sp³-hybridized carbons (Fsp3) is 0.115. The third-order valence-corrected chi connectivity index (χ3v) is 5.89. The van der Waals surface area contributed by atoms with E-state index in [0.29, 0.717) is 29.5 Å². The van der Waals surface area contributed by atoms with Crippen LogP contribution in [0, 0.1) is 0 Å². The molecule has 0 bridgehead atoms. The summed E-state index contributed by atoms with van der Waals surface area (Å²) >= 11 is 0. The van der Waals surface area contributed by atoms with Gasteiger partial charge in [-0.25, -0.2) is 14.5 Å². The van der Waals surface area contributed by atoms with Crippen molar-refractivity contribution in [2.45, 2.75) is 12.3 Å². The Morgan fingerprint density at radius 3 is 2.64 bits per heavy atom. The number of phenolic OH excluding ortho intramolecular Hbond substituents is 1. The van der Waals surface area contributed by atoms with Crippen LogP contribution < -0.4 is 9.47 Å². The first-order chi connectivity index (χ1) is 16.2. The SMILES string of the molecule is COc1ccc(Cc2nc3c4c(ncn3n2)Oc2cc(O)ccc2C4c2ccccc2)cc1. The molecular weight excluding hydrogens is 416 g/mol. The van der Waals surface area contributed by atoms with Gasteiger partial charge < -0.3 is 14.6 Å². The van der Waals surface area contributed by atoms with Crippen molar-refractivity contribution in [2.24, 2.45) is 0 Å². The predicted octanol–water partition coefficient (Wildman–Crippen LogP) is 4.72. The average molecular weight is 436 g/mol. The van der Waals surface area contributed by atoms with Crippen LogP contribution in [0.4, 0.5) is 0 Å². The van der Waals surface area contributed by atoms with Crippen molar-refractivity contribution in [1.29, 1.82) is 0 Å². The van der Waals surface area contributed by atoms with Crippen LogP contribution in [0.5, 0.6) is 23.1 Å². The first-order valence-corrected chi connectivity index (χ1v) is 10.6. The zero-order chi connectivity index (χ0) is 22.4. The molecule has 2 aromatic heterocycles. The maximum atomic E-state index is 10.0. The Labute approximate surface area is 189 Å². The second-order valence-electron chi connectivity index (χ2n) is 7.95. The van der Waals surface area contributed by atoms with Crippen LogP contribution in [-0.2, 0) is 6.42 Å². The lowest BCUT2D eigenvalue weighted by Crippen LogP contribution is -2.14. The van der Waals surface area contributed by atoms with Crippen molar-refractivity contribution in [3.8, 4) is 23.1 Å². The Kier molecular flexibility index (Phi) is 4.47. The number of methoxy groups -OCH3 is 1. The molecule has 1 aliphatic rings. The molecule has 1 aliphatic heterocycles. The monoisotopic (exact) mass is 436 g/mol. The summed E-state index contributed by atoms with van der Waals surface area (Å²) in [7, 11) is 1.65. The number of ether oxygens (including phenoxy) is 2. The van der Waals surface area contributed by atoms with Gasteiger partial charge in [-0.2, -0.15) is 0 Å². The smallest absolute Gasteiger partial charge is 0.228 e. The van der Waals surface area contributed by atoms with Gasteiger partial charge in [-0.1, -0.05) is 48.5 Å². The van der Waals surface area contributed by atoms with Gasteiger partial charge in [0.15, 0.2) is 11.5 Å². The number of aromatic nitrogens is 4. The van der Waals surface area contributed by atoms with E-state index in [0.717, 1.165) is 28.0 Å². The maximum absolute atomic E-state index is 10.0. The molecule has 0 radical (unpaired) electrons. The topological polar surface area (TPSA) is 81.8 Å². The molecule has 7 nitrogen and oxygen atoms in total. The van der Waals surface area contributed by atoms with Gasteiger partial charge in [-0.05, 0) is 29.3 Å². The molecule has 0 fully saturated rings. The van der Waals surface area contributed by atoms with Crippen LogP contribution in [0.25, 0.3) is 5.65 Å². The van der Waals surface area contributed by atoms with Crippen molar-refractivity contribution < 1.29 is 14.6 Å². The largest absolute Gasteiger partial charge is 0.508 e. The normalized spacial score (nSPS) is 14.4. The second-order valence-corrected chi connectivity index (χ2v) is 7.95. The van der Waals surface area contributed by atoms with Gasteiger partial charge in [0, 0.05) is 24.0 Å². The van der Waals surface area contributed by atoms with E-state index in [-0.39, 0.29) is 11.7 Å². The number of hydrogen-bond donors (Lipinski definition) is 1. The fourth-order valence-electron chi connectivity index (χ4n) is 4.34. The zero-order valence-corrected chi connectivity index (χ0v) is 17.8. The second kappa shape index (κ2) is 7.63. The van der Waals surface area contributed by atoms with E-state index in [1.165, 1.54) is 0 Å². The maximum Gasteiger partial charge on any atom is 0.228 e. The standard InChI is InChI=1S/C26H20N4O3/c1-32-19-10-7-16(8-11-19)13-22-28-25-24-23(17-5-3-2-4-6-17)20-12-9-18(31)14-21(20)33-26(24)27-15-30(25)29-22/h2-12,14-15,23,31H,13H2,1H3. The average Bonchev–Trinajstić information content (AvgIpc) is 3.26. The molecule has 7 heteroatoms. The van der Waals surface area contributed by atoms with Crippen molar-refractivity contribution in [3.05, 3.63) is 107 Å². The highest BCUT2D eigenvalue weighted by Gasteiger charge is 2.33. The molecule has 6 rings (SSSR count). The Hall–Kier alpha value is -4.39. The lowest BCUT2D eigenvalue weighted by Gasteiger charge is -2.27. The molecule has 1 unspecified atom stereocenters. The molecule has 0 spiro atoms. The number of rotatable bonds is 4. The van der Waals surface area contributed by atoms with Gasteiger partial charge >= 0.3 is 0 Å². The van der Waals surface area contributed by atoms with E-state index in [1.807, 2.05) is 48.5 Å². The zero-order valence-electron chi connectivity index (χ0n) is 17.8. The molecule has 162 valence electrons. The Morgan fingerprint density at radius 2 is 1.85 bits per heavy atom. The summed E-state index contributed by atoms with van der Waals surface area (Å²) in [5, 5.41) is 14.7. The van der Waals surface area contributed by atoms with Gasteiger partial charge in [0.25, 0.3) is 0 Å². The number of phenols is 1. The minimum Gasteiger partial charge on any atom is -0.508 e. The molecule has 0 saturated carbocycles. The summed E-state index contributed by atoms with van der Waals surface area (Å²) in [6.07, 6.45) is 2.20. The van der Waals surface area contributed by atoms with E-state index >= 15 is 0 Å². The third kappa shape index (κ3) is 3.34. The van der Waals surface area contributed by atoms with Crippen LogP contribution in [0.1, 0.15) is 34.0 Å². The number of fused-ring (bicyclic) bond motifs is 4. The highest BCUT2D eigenvalue weighted by molar-refractivity contribution is 5.66. The molecule has 3 aromatic carbocycles. The van der Waals surface area contributed by atoms with Crippen LogP contribution in [-0.4, -0.2) is 31.8 Å². The van der Waals surface area contributed by atoms with Crippen molar-refractivity contribution >= 4 is 5.65 Å². The van der Waals surface area contributed by atoms with E-state index in [2.05, 4.69) is 22.2 Å². The van der Waals surface area contributed by atoms with Gasteiger partial charge in [-0.3, -0.25) is 0 Å². The molecule has 33 heavy (non-hydrogen) atoms. The van der Waals surface area contributed by atoms with Crippen molar-refractivity contribution in [2.75, 3.05) is 7.11 Å². The first-order valence-electron chi connectivity index (χ1n) is 10.6. The summed E-state index contributed by atoms with van der Waals surface area (Å²) in [6, 6.07) is 23.2. The van der Waals surface area contributed by atoms with Gasteiger partial charge in [-0.15, -0.1) is 5.10 Å². The van der Waals surface area contributed by atoms with E-state index in [9.17, 15) is 5.11 Å². The number of nitrogens with zero attached hydrogens (tertiary/aromatic N) is 4. The number of hydrogen-bond acceptors (Lipinski definition) is 6. The molecule has 5 aromatic rings. The van der Waals surface area contributed by atoms with Gasteiger partial charge in [0.2, 0.25) is 5.88 Å². The highest BCUT2D eigenvalue weighted by atomic mass is 16.5. The molecule has 0 aliphatic carbocycles. The number of aromatic hydroxyl groups is 1. The lowest BCUT2D eigenvalue weighted by atomic mass is 9.84. The summed E-state index contributed by atoms with van der Waals surface area (Å²) in [5.41, 5.74) is 4.68. The van der Waals surface area contributed by atoms with E-state index < -0.39 is 0 Å². The van der Waals surface area contributed by atoms with Crippen LogP contribution >= 0.6 is 0 Å². The first kappa shape index (κ1) is 19.3. The molecular formula is C26H20N4O3.